The van der Waals surface area contributed by atoms with Gasteiger partial charge in [-0.25, -0.2) is 13.4 Å². The lowest BCUT2D eigenvalue weighted by Crippen LogP contribution is -2.38. The number of para-hydroxylation sites is 1. The van der Waals surface area contributed by atoms with Gasteiger partial charge >= 0.3 is 0 Å². The number of nitrogens with one attached hydrogen (secondary N) is 2. The molecule has 0 aliphatic carbocycles. The molecule has 0 aromatic heterocycles. The van der Waals surface area contributed by atoms with E-state index < -0.39 is 10.0 Å². The Morgan fingerprint density at radius 2 is 1.77 bits per heavy atom. The van der Waals surface area contributed by atoms with Crippen molar-refractivity contribution in [2.45, 2.75) is 44.7 Å². The first-order valence-corrected chi connectivity index (χ1v) is 11.9. The molecule has 170 valence electrons. The molecule has 2 rings (SSSR count). The lowest BCUT2D eigenvalue weighted by atomic mass is 10.1. The topological polar surface area (TPSA) is 83.0 Å². The van der Waals surface area contributed by atoms with Crippen LogP contribution in [0.1, 0.15) is 31.9 Å². The zero-order valence-electron chi connectivity index (χ0n) is 19.1. The van der Waals surface area contributed by atoms with Crippen molar-refractivity contribution in [2.24, 2.45) is 4.99 Å². The van der Waals surface area contributed by atoms with E-state index in [4.69, 9.17) is 4.74 Å². The van der Waals surface area contributed by atoms with E-state index in [1.807, 2.05) is 51.1 Å². The fraction of sp³-hybridized carbons (Fsp3) is 0.435. The van der Waals surface area contributed by atoms with Crippen LogP contribution in [0.2, 0.25) is 0 Å². The van der Waals surface area contributed by atoms with Crippen LogP contribution in [0.15, 0.2) is 58.4 Å². The van der Waals surface area contributed by atoms with Gasteiger partial charge < -0.3 is 15.4 Å². The largest absolute Gasteiger partial charge is 0.496 e. The number of sulfonamides is 1. The summed E-state index contributed by atoms with van der Waals surface area (Å²) in [6.07, 6.45) is 0.810. The molecule has 31 heavy (non-hydrogen) atoms. The molecule has 7 nitrogen and oxygen atoms in total. The van der Waals surface area contributed by atoms with E-state index in [1.54, 1.807) is 26.3 Å². The van der Waals surface area contributed by atoms with Crippen molar-refractivity contribution in [3.05, 3.63) is 59.7 Å². The number of hydrogen-bond donors (Lipinski definition) is 2. The van der Waals surface area contributed by atoms with Crippen molar-refractivity contribution in [3.8, 4) is 5.75 Å². The number of benzene rings is 2. The fourth-order valence-corrected chi connectivity index (χ4v) is 4.32. The van der Waals surface area contributed by atoms with Crippen LogP contribution in [0.4, 0.5) is 0 Å². The van der Waals surface area contributed by atoms with Crippen LogP contribution in [0.25, 0.3) is 0 Å². The summed E-state index contributed by atoms with van der Waals surface area (Å²) >= 11 is 0. The van der Waals surface area contributed by atoms with E-state index in [-0.39, 0.29) is 6.04 Å². The van der Waals surface area contributed by atoms with Gasteiger partial charge in [0.15, 0.2) is 5.96 Å². The molecule has 0 saturated heterocycles. The van der Waals surface area contributed by atoms with Crippen LogP contribution in [0.3, 0.4) is 0 Å². The van der Waals surface area contributed by atoms with Crippen molar-refractivity contribution in [2.75, 3.05) is 27.2 Å². The van der Waals surface area contributed by atoms with Gasteiger partial charge in [-0.05, 0) is 56.5 Å². The third-order valence-electron chi connectivity index (χ3n) is 4.97. The number of ether oxygens (including phenoxy) is 1. The van der Waals surface area contributed by atoms with Gasteiger partial charge in [-0.15, -0.1) is 0 Å². The normalized spacial score (nSPS) is 12.3. The van der Waals surface area contributed by atoms with Gasteiger partial charge in [0.05, 0.1) is 18.6 Å². The van der Waals surface area contributed by atoms with Gasteiger partial charge in [0.2, 0.25) is 10.0 Å². The summed E-state index contributed by atoms with van der Waals surface area (Å²) in [6, 6.07) is 14.8. The molecule has 2 aromatic rings. The maximum atomic E-state index is 12.6. The molecule has 0 aliphatic heterocycles. The molecule has 0 atom stereocenters. The maximum absolute atomic E-state index is 12.6. The molecule has 0 aliphatic rings. The number of rotatable bonds is 10. The summed E-state index contributed by atoms with van der Waals surface area (Å²) in [6.45, 7) is 7.63. The molecule has 0 heterocycles. The Balaban J connectivity index is 2.00. The van der Waals surface area contributed by atoms with E-state index in [1.165, 1.54) is 4.31 Å². The average molecular weight is 447 g/mol. The first-order valence-electron chi connectivity index (χ1n) is 10.5. The summed E-state index contributed by atoms with van der Waals surface area (Å²) in [5.74, 6) is 1.60. The summed E-state index contributed by atoms with van der Waals surface area (Å²) < 4.78 is 31.9. The van der Waals surface area contributed by atoms with E-state index in [2.05, 4.69) is 21.7 Å². The van der Waals surface area contributed by atoms with Gasteiger partial charge in [0.25, 0.3) is 0 Å². The summed E-state index contributed by atoms with van der Waals surface area (Å²) in [4.78, 5) is 4.91. The number of guanidine groups is 1. The minimum atomic E-state index is -3.48. The van der Waals surface area contributed by atoms with E-state index in [0.717, 1.165) is 29.8 Å². The van der Waals surface area contributed by atoms with Gasteiger partial charge in [-0.1, -0.05) is 30.3 Å². The van der Waals surface area contributed by atoms with Crippen LogP contribution in [-0.4, -0.2) is 52.0 Å². The van der Waals surface area contributed by atoms with Crippen molar-refractivity contribution in [3.63, 3.8) is 0 Å². The lowest BCUT2D eigenvalue weighted by molar-refractivity contribution is 0.409. The van der Waals surface area contributed by atoms with Crippen molar-refractivity contribution < 1.29 is 13.2 Å². The predicted octanol–water partition coefficient (Wildman–Crippen LogP) is 3.02. The molecule has 0 unspecified atom stereocenters. The number of aliphatic imine (C=N–C) groups is 1. The Morgan fingerprint density at radius 1 is 1.10 bits per heavy atom. The van der Waals surface area contributed by atoms with Crippen LogP contribution in [-0.2, 0) is 23.0 Å². The Kier molecular flexibility index (Phi) is 9.33. The minimum Gasteiger partial charge on any atom is -0.496 e. The van der Waals surface area contributed by atoms with Crippen molar-refractivity contribution in [1.82, 2.24) is 14.9 Å². The third kappa shape index (κ3) is 6.97. The highest BCUT2D eigenvalue weighted by atomic mass is 32.2. The molecular formula is C23H34N4O3S. The Labute approximate surface area is 186 Å². The minimum absolute atomic E-state index is 0.0983. The molecular weight excluding hydrogens is 412 g/mol. The molecule has 0 spiro atoms. The van der Waals surface area contributed by atoms with E-state index in [0.29, 0.717) is 23.9 Å². The van der Waals surface area contributed by atoms with Crippen LogP contribution < -0.4 is 15.4 Å². The lowest BCUT2D eigenvalue weighted by Gasteiger charge is -2.21. The van der Waals surface area contributed by atoms with Crippen molar-refractivity contribution in [1.29, 1.82) is 0 Å². The highest BCUT2D eigenvalue weighted by molar-refractivity contribution is 7.89. The van der Waals surface area contributed by atoms with Crippen LogP contribution in [0.5, 0.6) is 5.75 Å². The third-order valence-corrected chi connectivity index (χ3v) is 7.02. The molecule has 0 fully saturated rings. The van der Waals surface area contributed by atoms with Crippen LogP contribution >= 0.6 is 0 Å². The first-order chi connectivity index (χ1) is 14.8. The highest BCUT2D eigenvalue weighted by Gasteiger charge is 2.22. The second-order valence-electron chi connectivity index (χ2n) is 7.44. The molecule has 8 heteroatoms. The summed E-state index contributed by atoms with van der Waals surface area (Å²) in [5.41, 5.74) is 2.07. The number of hydrogen-bond acceptors (Lipinski definition) is 4. The Morgan fingerprint density at radius 3 is 2.39 bits per heavy atom. The maximum Gasteiger partial charge on any atom is 0.243 e. The van der Waals surface area contributed by atoms with E-state index >= 15 is 0 Å². The first kappa shape index (κ1) is 24.7. The highest BCUT2D eigenvalue weighted by Crippen LogP contribution is 2.18. The Hall–Kier alpha value is -2.58. The van der Waals surface area contributed by atoms with E-state index in [9.17, 15) is 8.42 Å². The van der Waals surface area contributed by atoms with Gasteiger partial charge in [0.1, 0.15) is 5.75 Å². The zero-order chi connectivity index (χ0) is 22.9. The summed E-state index contributed by atoms with van der Waals surface area (Å²) in [7, 11) is -0.206. The molecule has 2 aromatic carbocycles. The quantitative estimate of drug-likeness (QED) is 0.433. The van der Waals surface area contributed by atoms with Crippen LogP contribution in [0, 0.1) is 0 Å². The van der Waals surface area contributed by atoms with Gasteiger partial charge in [-0.3, -0.25) is 0 Å². The average Bonchev–Trinajstić information content (AvgIpc) is 2.77. The number of nitrogens with zero attached hydrogens (tertiary/aromatic N) is 2. The monoisotopic (exact) mass is 446 g/mol. The number of methoxy groups -OCH3 is 1. The second kappa shape index (κ2) is 11.7. The molecule has 0 saturated carbocycles. The van der Waals surface area contributed by atoms with Gasteiger partial charge in [-0.2, -0.15) is 4.31 Å². The Bertz CT molecular complexity index is 957. The molecule has 0 bridgehead atoms. The summed E-state index contributed by atoms with van der Waals surface area (Å²) in [5, 5.41) is 6.57. The fourth-order valence-electron chi connectivity index (χ4n) is 2.95. The smallest absolute Gasteiger partial charge is 0.243 e. The second-order valence-corrected chi connectivity index (χ2v) is 9.44. The predicted molar refractivity (Wildman–Crippen MR) is 126 cm³/mol. The standard InChI is InChI=1S/C23H34N4O3S/c1-6-24-23(25-16-15-20-9-7-8-10-22(20)30-5)26-17-19-11-13-21(14-12-19)31(28,29)27(4)18(2)3/h7-14,18H,6,15-17H2,1-5H3,(H2,24,25,26). The van der Waals surface area contributed by atoms with Gasteiger partial charge in [0, 0.05) is 26.2 Å². The zero-order valence-corrected chi connectivity index (χ0v) is 19.9. The SMILES string of the molecule is CCNC(=NCc1ccc(S(=O)(=O)N(C)C(C)C)cc1)NCCc1ccccc1OC. The molecule has 2 N–H and O–H groups in total. The molecule has 0 radical (unpaired) electrons. The van der Waals surface area contributed by atoms with Crippen molar-refractivity contribution >= 4 is 16.0 Å². The molecule has 0 amide bonds.